The number of anilines is 1. The van der Waals surface area contributed by atoms with Crippen molar-refractivity contribution in [2.75, 3.05) is 5.32 Å². The van der Waals surface area contributed by atoms with Crippen LogP contribution in [-0.4, -0.2) is 20.1 Å². The standard InChI is InChI=1S/C20H19NO5S/c1-11-3-7-17(20-16(22)9-12(2)19(11)20)26-27(24,25)14-5-6-15-13(10-14)4-8-18(23)21-15/h3,5-7,10,12H,4,8-9H2,1-2H3,(H,21,23). The highest BCUT2D eigenvalue weighted by Crippen LogP contribution is 2.41. The van der Waals surface area contributed by atoms with Crippen molar-refractivity contribution in [2.45, 2.75) is 43.9 Å². The summed E-state index contributed by atoms with van der Waals surface area (Å²) >= 11 is 0. The van der Waals surface area contributed by atoms with Crippen LogP contribution in [0.2, 0.25) is 0 Å². The number of benzene rings is 2. The minimum absolute atomic E-state index is 0.00483. The third-order valence-electron chi connectivity index (χ3n) is 5.15. The summed E-state index contributed by atoms with van der Waals surface area (Å²) in [7, 11) is -4.10. The van der Waals surface area contributed by atoms with Gasteiger partial charge in [-0.05, 0) is 60.2 Å². The molecular formula is C20H19NO5S. The molecule has 0 aromatic heterocycles. The van der Waals surface area contributed by atoms with Crippen LogP contribution in [0.5, 0.6) is 5.75 Å². The predicted molar refractivity (Wildman–Crippen MR) is 99.7 cm³/mol. The topological polar surface area (TPSA) is 89.5 Å². The molecule has 2 aromatic carbocycles. The second-order valence-corrected chi connectivity index (χ2v) is 8.65. The maximum atomic E-state index is 12.8. The number of aryl methyl sites for hydroxylation is 2. The fourth-order valence-corrected chi connectivity index (χ4v) is 4.85. The number of hydrogen-bond donors (Lipinski definition) is 1. The van der Waals surface area contributed by atoms with Gasteiger partial charge < -0.3 is 9.50 Å². The molecular weight excluding hydrogens is 366 g/mol. The molecule has 2 aromatic rings. The number of ketones is 1. The van der Waals surface area contributed by atoms with Gasteiger partial charge in [-0.15, -0.1) is 0 Å². The van der Waals surface area contributed by atoms with Crippen LogP contribution in [0.4, 0.5) is 5.69 Å². The lowest BCUT2D eigenvalue weighted by molar-refractivity contribution is -0.116. The van der Waals surface area contributed by atoms with Gasteiger partial charge in [-0.25, -0.2) is 0 Å². The lowest BCUT2D eigenvalue weighted by Crippen LogP contribution is -2.20. The number of Topliss-reactive ketones (excluding diaryl/α,β-unsaturated/α-hetero) is 1. The van der Waals surface area contributed by atoms with E-state index >= 15 is 0 Å². The number of rotatable bonds is 3. The van der Waals surface area contributed by atoms with Crippen molar-refractivity contribution in [3.63, 3.8) is 0 Å². The van der Waals surface area contributed by atoms with E-state index in [2.05, 4.69) is 5.32 Å². The third kappa shape index (κ3) is 3.02. The number of fused-ring (bicyclic) bond motifs is 2. The van der Waals surface area contributed by atoms with E-state index < -0.39 is 10.1 Å². The van der Waals surface area contributed by atoms with Gasteiger partial charge in [0.15, 0.2) is 11.5 Å². The average Bonchev–Trinajstić information content (AvgIpc) is 2.92. The van der Waals surface area contributed by atoms with E-state index in [0.29, 0.717) is 30.5 Å². The Morgan fingerprint density at radius 1 is 1.11 bits per heavy atom. The molecule has 0 fully saturated rings. The van der Waals surface area contributed by atoms with E-state index in [0.717, 1.165) is 16.7 Å². The highest BCUT2D eigenvalue weighted by molar-refractivity contribution is 7.87. The van der Waals surface area contributed by atoms with Gasteiger partial charge in [0.1, 0.15) is 4.90 Å². The molecule has 7 heteroatoms. The molecule has 1 unspecified atom stereocenters. The number of amides is 1. The summed E-state index contributed by atoms with van der Waals surface area (Å²) in [6.07, 6.45) is 1.14. The summed E-state index contributed by atoms with van der Waals surface area (Å²) in [5.74, 6) is -0.0566. The Labute approximate surface area is 157 Å². The van der Waals surface area contributed by atoms with E-state index in [1.54, 1.807) is 18.2 Å². The minimum atomic E-state index is -4.10. The Balaban J connectivity index is 1.72. The molecule has 0 saturated carbocycles. The molecule has 1 heterocycles. The van der Waals surface area contributed by atoms with Crippen molar-refractivity contribution in [3.05, 3.63) is 52.6 Å². The van der Waals surface area contributed by atoms with E-state index in [1.807, 2.05) is 13.8 Å². The van der Waals surface area contributed by atoms with Crippen molar-refractivity contribution in [1.29, 1.82) is 0 Å². The van der Waals surface area contributed by atoms with Crippen molar-refractivity contribution in [3.8, 4) is 5.75 Å². The van der Waals surface area contributed by atoms with Crippen molar-refractivity contribution < 1.29 is 22.2 Å². The molecule has 0 bridgehead atoms. The molecule has 0 saturated heterocycles. The quantitative estimate of drug-likeness (QED) is 0.819. The normalized spacial score (nSPS) is 18.7. The lowest BCUT2D eigenvalue weighted by atomic mass is 9.98. The van der Waals surface area contributed by atoms with Crippen LogP contribution in [0, 0.1) is 6.92 Å². The Kier molecular flexibility index (Phi) is 4.07. The summed E-state index contributed by atoms with van der Waals surface area (Å²) in [6.45, 7) is 3.86. The second kappa shape index (κ2) is 6.20. The summed E-state index contributed by atoms with van der Waals surface area (Å²) < 4.78 is 31.0. The molecule has 1 N–H and O–H groups in total. The number of nitrogens with one attached hydrogen (secondary N) is 1. The first kappa shape index (κ1) is 17.7. The van der Waals surface area contributed by atoms with Crippen molar-refractivity contribution >= 4 is 27.5 Å². The molecule has 1 aliphatic heterocycles. The summed E-state index contributed by atoms with van der Waals surface area (Å²) in [5.41, 5.74) is 3.55. The van der Waals surface area contributed by atoms with Crippen molar-refractivity contribution in [1.82, 2.24) is 0 Å². The fourth-order valence-electron chi connectivity index (χ4n) is 3.86. The number of hydrogen-bond acceptors (Lipinski definition) is 5. The van der Waals surface area contributed by atoms with E-state index in [4.69, 9.17) is 4.18 Å². The van der Waals surface area contributed by atoms with Crippen LogP contribution >= 0.6 is 0 Å². The summed E-state index contributed by atoms with van der Waals surface area (Å²) in [4.78, 5) is 23.8. The molecule has 2 aliphatic rings. The van der Waals surface area contributed by atoms with Crippen molar-refractivity contribution in [2.24, 2.45) is 0 Å². The molecule has 1 atom stereocenters. The molecule has 0 spiro atoms. The maximum absolute atomic E-state index is 12.8. The molecule has 1 amide bonds. The minimum Gasteiger partial charge on any atom is -0.378 e. The molecule has 1 aliphatic carbocycles. The average molecular weight is 385 g/mol. The fraction of sp³-hybridized carbons (Fsp3) is 0.300. The van der Waals surface area contributed by atoms with Crippen LogP contribution < -0.4 is 9.50 Å². The van der Waals surface area contributed by atoms with E-state index in [-0.39, 0.29) is 28.3 Å². The molecule has 6 nitrogen and oxygen atoms in total. The Bertz CT molecular complexity index is 1090. The molecule has 0 radical (unpaired) electrons. The second-order valence-electron chi connectivity index (χ2n) is 7.10. The lowest BCUT2D eigenvalue weighted by Gasteiger charge is -2.18. The molecule has 140 valence electrons. The number of carbonyl (C=O) groups excluding carboxylic acids is 2. The summed E-state index contributed by atoms with van der Waals surface area (Å²) in [6, 6.07) is 7.80. The van der Waals surface area contributed by atoms with Gasteiger partial charge in [0.25, 0.3) is 0 Å². The monoisotopic (exact) mass is 385 g/mol. The zero-order chi connectivity index (χ0) is 19.3. The van der Waals surface area contributed by atoms with Crippen LogP contribution in [0.1, 0.15) is 52.7 Å². The third-order valence-corrected chi connectivity index (χ3v) is 6.38. The zero-order valence-electron chi connectivity index (χ0n) is 15.0. The maximum Gasteiger partial charge on any atom is 0.339 e. The number of carbonyl (C=O) groups is 2. The Hall–Kier alpha value is -2.67. The van der Waals surface area contributed by atoms with Crippen LogP contribution in [0.3, 0.4) is 0 Å². The first-order valence-corrected chi connectivity index (χ1v) is 10.2. The highest BCUT2D eigenvalue weighted by atomic mass is 32.2. The molecule has 27 heavy (non-hydrogen) atoms. The first-order valence-electron chi connectivity index (χ1n) is 8.80. The predicted octanol–water partition coefficient (Wildman–Crippen LogP) is 3.34. The van der Waals surface area contributed by atoms with Gasteiger partial charge in [0, 0.05) is 18.5 Å². The smallest absolute Gasteiger partial charge is 0.339 e. The summed E-state index contributed by atoms with van der Waals surface area (Å²) in [5, 5.41) is 2.72. The van der Waals surface area contributed by atoms with Crippen LogP contribution in [-0.2, 0) is 21.3 Å². The van der Waals surface area contributed by atoms with Gasteiger partial charge in [0.05, 0.1) is 5.56 Å². The SMILES string of the molecule is Cc1ccc(OS(=O)(=O)c2ccc3c(c2)CCC(=O)N3)c2c1C(C)CC2=O. The van der Waals surface area contributed by atoms with Crippen LogP contribution in [0.15, 0.2) is 35.2 Å². The first-order chi connectivity index (χ1) is 12.8. The van der Waals surface area contributed by atoms with E-state index in [1.165, 1.54) is 12.1 Å². The largest absolute Gasteiger partial charge is 0.378 e. The van der Waals surface area contributed by atoms with Gasteiger partial charge in [-0.2, -0.15) is 8.42 Å². The Morgan fingerprint density at radius 3 is 2.67 bits per heavy atom. The Morgan fingerprint density at radius 2 is 1.89 bits per heavy atom. The highest BCUT2D eigenvalue weighted by Gasteiger charge is 2.33. The van der Waals surface area contributed by atoms with Crippen LogP contribution in [0.25, 0.3) is 0 Å². The van der Waals surface area contributed by atoms with Gasteiger partial charge in [-0.3, -0.25) is 9.59 Å². The van der Waals surface area contributed by atoms with Gasteiger partial charge in [-0.1, -0.05) is 13.0 Å². The molecule has 4 rings (SSSR count). The van der Waals surface area contributed by atoms with E-state index in [9.17, 15) is 18.0 Å². The van der Waals surface area contributed by atoms with Gasteiger partial charge >= 0.3 is 10.1 Å². The zero-order valence-corrected chi connectivity index (χ0v) is 15.9. The van der Waals surface area contributed by atoms with Gasteiger partial charge in [0.2, 0.25) is 5.91 Å².